The van der Waals surface area contributed by atoms with E-state index in [9.17, 15) is 19.2 Å². The maximum absolute atomic E-state index is 12.4. The van der Waals surface area contributed by atoms with Gasteiger partial charge in [-0.15, -0.1) is 0 Å². The number of hydrogen-bond acceptors (Lipinski definition) is 4. The second kappa shape index (κ2) is 7.41. The van der Waals surface area contributed by atoms with Crippen LogP contribution in [0, 0.1) is 5.92 Å². The molecule has 8 nitrogen and oxygen atoms in total. The lowest BCUT2D eigenvalue weighted by molar-refractivity contribution is -0.154. The molecule has 3 amide bonds. The summed E-state index contributed by atoms with van der Waals surface area (Å²) in [5.41, 5.74) is 0. The smallest absolute Gasteiger partial charge is 0.305 e. The van der Waals surface area contributed by atoms with Crippen LogP contribution in [0.3, 0.4) is 0 Å². The molecular weight excluding hydrogens is 326 g/mol. The molecule has 2 saturated heterocycles. The van der Waals surface area contributed by atoms with Gasteiger partial charge in [0, 0.05) is 18.5 Å². The fraction of sp³-hybridized carbons (Fsp3) is 0.765. The zero-order chi connectivity index (χ0) is 18.0. The van der Waals surface area contributed by atoms with E-state index in [1.807, 2.05) is 0 Å². The van der Waals surface area contributed by atoms with Gasteiger partial charge in [-0.25, -0.2) is 0 Å². The summed E-state index contributed by atoms with van der Waals surface area (Å²) in [6, 6.07) is -1.73. The standard InChI is InChI=1S/C17H25N3O5/c21-14(22)9-12-17(25)20-7-6-11(8-13(20)16(24)19-12)18-15(23)10-4-2-1-3-5-10/h10-13H,1-9H2,(H,18,23)(H,19,24)(H,21,22)/t11-,12+,13-/m0/s1. The van der Waals surface area contributed by atoms with Crippen LogP contribution in [0.1, 0.15) is 51.4 Å². The number of carbonyl (C=O) groups excluding carboxylic acids is 3. The van der Waals surface area contributed by atoms with Gasteiger partial charge in [-0.1, -0.05) is 19.3 Å². The number of nitrogens with zero attached hydrogens (tertiary/aromatic N) is 1. The number of carbonyl (C=O) groups is 4. The van der Waals surface area contributed by atoms with Crippen LogP contribution < -0.4 is 10.6 Å². The normalized spacial score (nSPS) is 30.4. The summed E-state index contributed by atoms with van der Waals surface area (Å²) in [6.07, 6.45) is 5.76. The van der Waals surface area contributed by atoms with Gasteiger partial charge in [-0.05, 0) is 25.7 Å². The van der Waals surface area contributed by atoms with Crippen LogP contribution in [-0.4, -0.2) is 58.4 Å². The summed E-state index contributed by atoms with van der Waals surface area (Å²) in [4.78, 5) is 49.4. The van der Waals surface area contributed by atoms with E-state index in [4.69, 9.17) is 5.11 Å². The monoisotopic (exact) mass is 351 g/mol. The SMILES string of the molecule is O=C(O)C[C@H]1NC(=O)[C@@H]2C[C@@H](NC(=O)C3CCCCC3)CCN2C1=O. The number of hydrogen-bond donors (Lipinski definition) is 3. The molecule has 0 unspecified atom stereocenters. The highest BCUT2D eigenvalue weighted by molar-refractivity contribution is 5.98. The van der Waals surface area contributed by atoms with Gasteiger partial charge >= 0.3 is 5.97 Å². The van der Waals surface area contributed by atoms with E-state index in [-0.39, 0.29) is 29.7 Å². The maximum atomic E-state index is 12.4. The minimum Gasteiger partial charge on any atom is -0.481 e. The molecule has 2 heterocycles. The Bertz CT molecular complexity index is 573. The van der Waals surface area contributed by atoms with E-state index in [0.29, 0.717) is 19.4 Å². The van der Waals surface area contributed by atoms with E-state index in [1.165, 1.54) is 11.3 Å². The summed E-state index contributed by atoms with van der Waals surface area (Å²) in [5, 5.41) is 14.4. The number of carboxylic acids is 1. The minimum absolute atomic E-state index is 0.0597. The highest BCUT2D eigenvalue weighted by Gasteiger charge is 2.44. The largest absolute Gasteiger partial charge is 0.481 e. The number of nitrogens with one attached hydrogen (secondary N) is 2. The van der Waals surface area contributed by atoms with Gasteiger partial charge in [0.25, 0.3) is 0 Å². The quantitative estimate of drug-likeness (QED) is 0.660. The molecule has 0 aromatic rings. The number of piperidine rings is 1. The molecule has 3 rings (SSSR count). The van der Waals surface area contributed by atoms with Gasteiger partial charge in [-0.2, -0.15) is 0 Å². The lowest BCUT2D eigenvalue weighted by atomic mass is 9.87. The number of piperazine rings is 1. The van der Waals surface area contributed by atoms with Crippen LogP contribution in [0.15, 0.2) is 0 Å². The van der Waals surface area contributed by atoms with Crippen molar-refractivity contribution in [1.29, 1.82) is 0 Å². The summed E-state index contributed by atoms with van der Waals surface area (Å²) in [7, 11) is 0. The zero-order valence-electron chi connectivity index (χ0n) is 14.2. The van der Waals surface area contributed by atoms with E-state index < -0.39 is 24.5 Å². The molecule has 0 bridgehead atoms. The minimum atomic E-state index is -1.12. The predicted molar refractivity (Wildman–Crippen MR) is 87.4 cm³/mol. The summed E-state index contributed by atoms with van der Waals surface area (Å²) in [5.74, 6) is -1.67. The van der Waals surface area contributed by atoms with Crippen molar-refractivity contribution >= 4 is 23.7 Å². The highest BCUT2D eigenvalue weighted by Crippen LogP contribution is 2.26. The Kier molecular flexibility index (Phi) is 5.24. The van der Waals surface area contributed by atoms with E-state index >= 15 is 0 Å². The van der Waals surface area contributed by atoms with Gasteiger partial charge < -0.3 is 20.6 Å². The molecule has 0 aromatic carbocycles. The number of fused-ring (bicyclic) bond motifs is 1. The van der Waals surface area contributed by atoms with Crippen molar-refractivity contribution in [3.8, 4) is 0 Å². The Labute approximate surface area is 146 Å². The van der Waals surface area contributed by atoms with Crippen molar-refractivity contribution in [3.63, 3.8) is 0 Å². The lowest BCUT2D eigenvalue weighted by Crippen LogP contribution is -2.67. The van der Waals surface area contributed by atoms with Crippen molar-refractivity contribution in [2.75, 3.05) is 6.54 Å². The molecule has 25 heavy (non-hydrogen) atoms. The number of rotatable bonds is 4. The number of aliphatic carboxylic acids is 1. The second-order valence-electron chi connectivity index (χ2n) is 7.27. The topological polar surface area (TPSA) is 116 Å². The first-order valence-electron chi connectivity index (χ1n) is 9.08. The molecule has 0 spiro atoms. The van der Waals surface area contributed by atoms with Gasteiger partial charge in [0.1, 0.15) is 12.1 Å². The third kappa shape index (κ3) is 3.93. The second-order valence-corrected chi connectivity index (χ2v) is 7.27. The zero-order valence-corrected chi connectivity index (χ0v) is 14.2. The molecule has 8 heteroatoms. The summed E-state index contributed by atoms with van der Waals surface area (Å²) in [6.45, 7) is 0.364. The average Bonchev–Trinajstić information content (AvgIpc) is 2.60. The Morgan fingerprint density at radius 1 is 1.16 bits per heavy atom. The highest BCUT2D eigenvalue weighted by atomic mass is 16.4. The maximum Gasteiger partial charge on any atom is 0.305 e. The summed E-state index contributed by atoms with van der Waals surface area (Å²) < 4.78 is 0. The molecule has 3 fully saturated rings. The van der Waals surface area contributed by atoms with Crippen molar-refractivity contribution in [2.24, 2.45) is 5.92 Å². The van der Waals surface area contributed by atoms with Crippen molar-refractivity contribution in [3.05, 3.63) is 0 Å². The van der Waals surface area contributed by atoms with Crippen LogP contribution in [0.2, 0.25) is 0 Å². The van der Waals surface area contributed by atoms with Crippen LogP contribution in [0.4, 0.5) is 0 Å². The first-order chi connectivity index (χ1) is 12.0. The molecule has 2 aliphatic heterocycles. The fourth-order valence-electron chi connectivity index (χ4n) is 4.14. The Balaban J connectivity index is 1.58. The Morgan fingerprint density at radius 3 is 2.56 bits per heavy atom. The first kappa shape index (κ1) is 17.7. The fourth-order valence-corrected chi connectivity index (χ4v) is 4.14. The van der Waals surface area contributed by atoms with Crippen LogP contribution in [0.5, 0.6) is 0 Å². The molecule has 3 aliphatic rings. The number of amides is 3. The molecule has 3 atom stereocenters. The van der Waals surface area contributed by atoms with Gasteiger partial charge in [-0.3, -0.25) is 19.2 Å². The molecule has 0 aromatic heterocycles. The van der Waals surface area contributed by atoms with Gasteiger partial charge in [0.2, 0.25) is 17.7 Å². The van der Waals surface area contributed by atoms with E-state index in [0.717, 1.165) is 25.7 Å². The van der Waals surface area contributed by atoms with Crippen molar-refractivity contribution < 1.29 is 24.3 Å². The number of carboxylic acid groups (broad SMARTS) is 1. The van der Waals surface area contributed by atoms with Gasteiger partial charge in [0.15, 0.2) is 0 Å². The third-order valence-electron chi connectivity index (χ3n) is 5.50. The molecule has 1 saturated carbocycles. The van der Waals surface area contributed by atoms with Crippen LogP contribution in [-0.2, 0) is 19.2 Å². The van der Waals surface area contributed by atoms with E-state index in [2.05, 4.69) is 10.6 Å². The Hall–Kier alpha value is -2.12. The van der Waals surface area contributed by atoms with Crippen LogP contribution >= 0.6 is 0 Å². The third-order valence-corrected chi connectivity index (χ3v) is 5.50. The molecule has 0 radical (unpaired) electrons. The van der Waals surface area contributed by atoms with Crippen molar-refractivity contribution in [2.45, 2.75) is 69.5 Å². The average molecular weight is 351 g/mol. The first-order valence-corrected chi connectivity index (χ1v) is 9.08. The van der Waals surface area contributed by atoms with E-state index in [1.54, 1.807) is 0 Å². The summed E-state index contributed by atoms with van der Waals surface area (Å²) >= 11 is 0. The Morgan fingerprint density at radius 2 is 1.88 bits per heavy atom. The predicted octanol–water partition coefficient (Wildman–Crippen LogP) is 0.0156. The van der Waals surface area contributed by atoms with Crippen LogP contribution in [0.25, 0.3) is 0 Å². The molecule has 3 N–H and O–H groups in total. The molecule has 1 aliphatic carbocycles. The van der Waals surface area contributed by atoms with Crippen molar-refractivity contribution in [1.82, 2.24) is 15.5 Å². The molecular formula is C17H25N3O5. The van der Waals surface area contributed by atoms with Gasteiger partial charge in [0.05, 0.1) is 6.42 Å². The molecule has 138 valence electrons. The lowest BCUT2D eigenvalue weighted by Gasteiger charge is -2.44.